The first-order chi connectivity index (χ1) is 8.70. The van der Waals surface area contributed by atoms with Gasteiger partial charge in [-0.05, 0) is 24.5 Å². The fraction of sp³-hybridized carbons (Fsp3) is 0.500. The van der Waals surface area contributed by atoms with Crippen LogP contribution in [-0.4, -0.2) is 31.7 Å². The van der Waals surface area contributed by atoms with Gasteiger partial charge in [0.25, 0.3) is 0 Å². The maximum atomic E-state index is 12.0. The van der Waals surface area contributed by atoms with E-state index in [0.717, 1.165) is 13.0 Å². The van der Waals surface area contributed by atoms with Crippen LogP contribution < -0.4 is 10.6 Å². The summed E-state index contributed by atoms with van der Waals surface area (Å²) in [6.07, 6.45) is 0.799. The molecule has 0 saturated carbocycles. The molecule has 1 heterocycles. The molecule has 0 aromatic heterocycles. The summed E-state index contributed by atoms with van der Waals surface area (Å²) in [5.74, 6) is 0.0494. The second-order valence-electron chi connectivity index (χ2n) is 4.70. The van der Waals surface area contributed by atoms with Crippen LogP contribution in [0.1, 0.15) is 18.1 Å². The Bertz CT molecular complexity index is 420. The number of benzene rings is 1. The van der Waals surface area contributed by atoms with Crippen molar-refractivity contribution >= 4 is 5.91 Å². The van der Waals surface area contributed by atoms with E-state index in [9.17, 15) is 4.79 Å². The maximum absolute atomic E-state index is 12.0. The average molecular weight is 248 g/mol. The molecule has 1 aliphatic rings. The third-order valence-electron chi connectivity index (χ3n) is 3.36. The molecule has 98 valence electrons. The van der Waals surface area contributed by atoms with E-state index >= 15 is 0 Å². The van der Waals surface area contributed by atoms with Gasteiger partial charge in [0.05, 0.1) is 12.1 Å². The van der Waals surface area contributed by atoms with Crippen molar-refractivity contribution in [3.05, 3.63) is 35.4 Å². The van der Waals surface area contributed by atoms with Gasteiger partial charge < -0.3 is 15.4 Å². The molecule has 2 rings (SSSR count). The Morgan fingerprint density at radius 3 is 2.94 bits per heavy atom. The number of fused-ring (bicyclic) bond motifs is 1. The van der Waals surface area contributed by atoms with Crippen LogP contribution in [0.2, 0.25) is 0 Å². The highest BCUT2D eigenvalue weighted by Crippen LogP contribution is 2.16. The van der Waals surface area contributed by atoms with Crippen molar-refractivity contribution < 1.29 is 9.53 Å². The topological polar surface area (TPSA) is 50.4 Å². The predicted molar refractivity (Wildman–Crippen MR) is 70.3 cm³/mol. The monoisotopic (exact) mass is 248 g/mol. The molecule has 0 aliphatic carbocycles. The Kier molecular flexibility index (Phi) is 4.33. The van der Waals surface area contributed by atoms with Gasteiger partial charge in [-0.25, -0.2) is 0 Å². The van der Waals surface area contributed by atoms with Crippen molar-refractivity contribution in [2.24, 2.45) is 0 Å². The molecule has 18 heavy (non-hydrogen) atoms. The van der Waals surface area contributed by atoms with Crippen LogP contribution in [0.5, 0.6) is 0 Å². The number of carbonyl (C=O) groups excluding carboxylic acids is 1. The Morgan fingerprint density at radius 2 is 2.22 bits per heavy atom. The molecule has 2 N–H and O–H groups in total. The average Bonchev–Trinajstić information content (AvgIpc) is 2.43. The zero-order chi connectivity index (χ0) is 13.0. The zero-order valence-electron chi connectivity index (χ0n) is 10.9. The van der Waals surface area contributed by atoms with E-state index in [-0.39, 0.29) is 18.1 Å². The summed E-state index contributed by atoms with van der Waals surface area (Å²) in [5, 5.41) is 6.17. The number of nitrogens with one attached hydrogen (secondary N) is 2. The van der Waals surface area contributed by atoms with Crippen LogP contribution in [0, 0.1) is 0 Å². The highest BCUT2D eigenvalue weighted by atomic mass is 16.5. The predicted octanol–water partition coefficient (Wildman–Crippen LogP) is 0.852. The van der Waals surface area contributed by atoms with Crippen LogP contribution in [0.4, 0.5) is 0 Å². The summed E-state index contributed by atoms with van der Waals surface area (Å²) in [5.41, 5.74) is 2.54. The highest BCUT2D eigenvalue weighted by molar-refractivity contribution is 5.82. The Labute approximate surface area is 108 Å². The van der Waals surface area contributed by atoms with Crippen molar-refractivity contribution in [2.45, 2.75) is 32.0 Å². The second-order valence-corrected chi connectivity index (χ2v) is 4.70. The smallest absolute Gasteiger partial charge is 0.237 e. The van der Waals surface area contributed by atoms with Crippen molar-refractivity contribution in [3.8, 4) is 0 Å². The summed E-state index contributed by atoms with van der Waals surface area (Å²) >= 11 is 0. The highest BCUT2D eigenvalue weighted by Gasteiger charge is 2.23. The van der Waals surface area contributed by atoms with Gasteiger partial charge in [0.1, 0.15) is 0 Å². The number of amides is 1. The van der Waals surface area contributed by atoms with Gasteiger partial charge in [-0.1, -0.05) is 24.3 Å². The summed E-state index contributed by atoms with van der Waals surface area (Å²) in [6.45, 7) is 3.24. The lowest BCUT2D eigenvalue weighted by Crippen LogP contribution is -2.49. The van der Waals surface area contributed by atoms with Gasteiger partial charge >= 0.3 is 0 Å². The van der Waals surface area contributed by atoms with Gasteiger partial charge in [0.2, 0.25) is 5.91 Å². The first kappa shape index (κ1) is 13.1. The van der Waals surface area contributed by atoms with E-state index < -0.39 is 0 Å². The van der Waals surface area contributed by atoms with Gasteiger partial charge in [-0.2, -0.15) is 0 Å². The Morgan fingerprint density at radius 1 is 1.50 bits per heavy atom. The summed E-state index contributed by atoms with van der Waals surface area (Å²) < 4.78 is 5.11. The van der Waals surface area contributed by atoms with Crippen LogP contribution in [0.25, 0.3) is 0 Å². The normalized spacial score (nSPS) is 20.0. The fourth-order valence-corrected chi connectivity index (χ4v) is 2.09. The second kappa shape index (κ2) is 5.98. The zero-order valence-corrected chi connectivity index (χ0v) is 10.9. The number of hydrogen-bond donors (Lipinski definition) is 2. The molecular formula is C14H20N2O2. The minimum Gasteiger partial charge on any atom is -0.380 e. The molecule has 0 fully saturated rings. The van der Waals surface area contributed by atoms with Crippen molar-refractivity contribution in [3.63, 3.8) is 0 Å². The molecule has 1 unspecified atom stereocenters. The number of hydrogen-bond acceptors (Lipinski definition) is 3. The first-order valence-electron chi connectivity index (χ1n) is 6.31. The van der Waals surface area contributed by atoms with E-state index in [2.05, 4.69) is 22.8 Å². The van der Waals surface area contributed by atoms with Crippen LogP contribution >= 0.6 is 0 Å². The maximum Gasteiger partial charge on any atom is 0.237 e. The lowest BCUT2D eigenvalue weighted by molar-refractivity contribution is -0.123. The molecule has 1 aromatic carbocycles. The number of carbonyl (C=O) groups is 1. The van der Waals surface area contributed by atoms with Crippen molar-refractivity contribution in [1.82, 2.24) is 10.6 Å². The van der Waals surface area contributed by atoms with Crippen LogP contribution in [-0.2, 0) is 22.5 Å². The summed E-state index contributed by atoms with van der Waals surface area (Å²) in [6, 6.07) is 8.11. The molecule has 1 aromatic rings. The van der Waals surface area contributed by atoms with E-state index in [1.807, 2.05) is 19.1 Å². The first-order valence-corrected chi connectivity index (χ1v) is 6.31. The quantitative estimate of drug-likeness (QED) is 0.830. The standard InChI is InChI=1S/C14H20N2O2/c1-10(18-2)8-16-14(17)13-7-11-5-3-4-6-12(11)9-15-13/h3-6,10,13,15H,7-9H2,1-2H3,(H,16,17)/t10?,13-/m1/s1. The van der Waals surface area contributed by atoms with E-state index in [0.29, 0.717) is 6.54 Å². The number of ether oxygens (including phenoxy) is 1. The fourth-order valence-electron chi connectivity index (χ4n) is 2.09. The van der Waals surface area contributed by atoms with E-state index in [1.165, 1.54) is 11.1 Å². The Hall–Kier alpha value is -1.39. The van der Waals surface area contributed by atoms with E-state index in [1.54, 1.807) is 7.11 Å². The minimum atomic E-state index is -0.135. The molecule has 1 amide bonds. The molecule has 0 spiro atoms. The largest absolute Gasteiger partial charge is 0.380 e. The van der Waals surface area contributed by atoms with Crippen LogP contribution in [0.15, 0.2) is 24.3 Å². The lowest BCUT2D eigenvalue weighted by Gasteiger charge is -2.25. The number of rotatable bonds is 4. The molecule has 4 heteroatoms. The van der Waals surface area contributed by atoms with Crippen LogP contribution in [0.3, 0.4) is 0 Å². The van der Waals surface area contributed by atoms with E-state index in [4.69, 9.17) is 4.74 Å². The third-order valence-corrected chi connectivity index (χ3v) is 3.36. The van der Waals surface area contributed by atoms with Crippen molar-refractivity contribution in [2.75, 3.05) is 13.7 Å². The molecule has 4 nitrogen and oxygen atoms in total. The van der Waals surface area contributed by atoms with Gasteiger partial charge in [-0.3, -0.25) is 4.79 Å². The lowest BCUT2D eigenvalue weighted by atomic mass is 9.95. The van der Waals surface area contributed by atoms with Gasteiger partial charge in [-0.15, -0.1) is 0 Å². The molecule has 0 bridgehead atoms. The molecule has 0 radical (unpaired) electrons. The molecule has 2 atom stereocenters. The Balaban J connectivity index is 1.90. The minimum absolute atomic E-state index is 0.0461. The van der Waals surface area contributed by atoms with Crippen molar-refractivity contribution in [1.29, 1.82) is 0 Å². The summed E-state index contributed by atoms with van der Waals surface area (Å²) in [7, 11) is 1.64. The number of methoxy groups -OCH3 is 1. The summed E-state index contributed by atoms with van der Waals surface area (Å²) in [4.78, 5) is 12.0. The molecule has 1 aliphatic heterocycles. The SMILES string of the molecule is COC(C)CNC(=O)[C@H]1Cc2ccccc2CN1. The molecular weight excluding hydrogens is 228 g/mol. The van der Waals surface area contributed by atoms with Gasteiger partial charge in [0.15, 0.2) is 0 Å². The van der Waals surface area contributed by atoms with Gasteiger partial charge in [0, 0.05) is 20.2 Å². The molecule has 0 saturated heterocycles. The third kappa shape index (κ3) is 3.09.